The molecule has 2 N–H and O–H groups in total. The minimum Gasteiger partial charge on any atom is -0.870 e. The molecule has 0 spiro atoms. The fourth-order valence-electron chi connectivity index (χ4n) is 1.38. The molecule has 0 aliphatic heterocycles. The predicted octanol–water partition coefficient (Wildman–Crippen LogP) is 0.281. The van der Waals surface area contributed by atoms with Gasteiger partial charge in [-0.3, -0.25) is 0 Å². The number of carbonyl (C=O) groups is 1. The molecule has 1 aromatic heterocycles. The van der Waals surface area contributed by atoms with Crippen LogP contribution in [0.2, 0.25) is 0 Å². The summed E-state index contributed by atoms with van der Waals surface area (Å²) >= 11 is 0. The number of hydrogen-bond acceptors (Lipinski definition) is 3. The Labute approximate surface area is 99.4 Å². The third-order valence-electron chi connectivity index (χ3n) is 1.92. The summed E-state index contributed by atoms with van der Waals surface area (Å²) in [5, 5.41) is 11.3. The molecule has 0 aliphatic carbocycles. The van der Waals surface area contributed by atoms with E-state index >= 15 is 0 Å². The van der Waals surface area contributed by atoms with Gasteiger partial charge in [0.15, 0.2) is 0 Å². The Hall–Kier alpha value is -1.19. The molecule has 0 unspecified atom stereocenters. The van der Waals surface area contributed by atoms with Gasteiger partial charge in [-0.15, -0.1) is 0 Å². The molecular weight excluding hydrogens is 248 g/mol. The Morgan fingerprint density at radius 2 is 2.00 bits per heavy atom. The summed E-state index contributed by atoms with van der Waals surface area (Å²) in [6.07, 6.45) is -0.0608. The van der Waals surface area contributed by atoms with Crippen LogP contribution in [0, 0.1) is 0 Å². The molecule has 74 valence electrons. The number of hydrogen-bond donors (Lipinski definition) is 1. The first-order chi connectivity index (χ1) is 6.25. The van der Waals surface area contributed by atoms with Gasteiger partial charge >= 0.3 is 19.5 Å². The molecule has 15 heavy (non-hydrogen) atoms. The second-order valence-corrected chi connectivity index (χ2v) is 2.93. The van der Waals surface area contributed by atoms with Crippen LogP contribution in [0.15, 0.2) is 30.3 Å². The third kappa shape index (κ3) is 3.15. The molecule has 2 rings (SSSR count). The Morgan fingerprint density at radius 3 is 2.60 bits per heavy atom. The number of para-hydroxylation sites is 1. The summed E-state index contributed by atoms with van der Waals surface area (Å²) in [6, 6.07) is 9.49. The minimum absolute atomic E-state index is 0. The summed E-state index contributed by atoms with van der Waals surface area (Å²) in [5.41, 5.74) is 1.64. The van der Waals surface area contributed by atoms with E-state index in [-0.39, 0.29) is 31.4 Å². The molecule has 4 nitrogen and oxygen atoms in total. The van der Waals surface area contributed by atoms with E-state index in [4.69, 9.17) is 0 Å². The van der Waals surface area contributed by atoms with Crippen LogP contribution in [0.25, 0.3) is 10.9 Å². The molecule has 0 bridgehead atoms. The average Bonchev–Trinajstić information content (AvgIpc) is 2.44. The SMILES string of the molecule is O=C([O-])Cc1cc2ccccc2[nH]1.[OH-].[Zn+2]. The second kappa shape index (κ2) is 5.64. The number of carbonyl (C=O) groups excluding carboxylic acids is 1. The van der Waals surface area contributed by atoms with E-state index in [0.717, 1.165) is 10.9 Å². The maximum atomic E-state index is 10.3. The molecule has 0 radical (unpaired) electrons. The van der Waals surface area contributed by atoms with Gasteiger partial charge < -0.3 is 20.4 Å². The van der Waals surface area contributed by atoms with E-state index in [1.807, 2.05) is 30.3 Å². The second-order valence-electron chi connectivity index (χ2n) is 2.93. The Bertz CT molecular complexity index is 420. The van der Waals surface area contributed by atoms with Crippen LogP contribution in [0.4, 0.5) is 0 Å². The number of aromatic nitrogens is 1. The van der Waals surface area contributed by atoms with Gasteiger partial charge in [0, 0.05) is 23.6 Å². The van der Waals surface area contributed by atoms with E-state index in [2.05, 4.69) is 4.98 Å². The minimum atomic E-state index is -1.06. The maximum absolute atomic E-state index is 10.3. The molecule has 1 aromatic carbocycles. The number of nitrogens with one attached hydrogen (secondary N) is 1. The number of aliphatic carboxylic acids is 1. The molecular formula is C10H9NO3Zn. The first kappa shape index (κ1) is 13.8. The van der Waals surface area contributed by atoms with E-state index in [1.54, 1.807) is 0 Å². The normalized spacial score (nSPS) is 9.07. The predicted molar refractivity (Wildman–Crippen MR) is 48.9 cm³/mol. The van der Waals surface area contributed by atoms with Crippen LogP contribution in [0.5, 0.6) is 0 Å². The molecule has 0 atom stereocenters. The van der Waals surface area contributed by atoms with Crippen LogP contribution >= 0.6 is 0 Å². The quantitative estimate of drug-likeness (QED) is 0.783. The van der Waals surface area contributed by atoms with Crippen LogP contribution in [0.1, 0.15) is 5.69 Å². The molecule has 0 saturated heterocycles. The summed E-state index contributed by atoms with van der Waals surface area (Å²) in [6.45, 7) is 0. The van der Waals surface area contributed by atoms with Crippen molar-refractivity contribution in [2.45, 2.75) is 6.42 Å². The first-order valence-electron chi connectivity index (χ1n) is 4.02. The largest absolute Gasteiger partial charge is 2.00 e. The molecule has 0 aliphatic rings. The van der Waals surface area contributed by atoms with E-state index in [9.17, 15) is 9.90 Å². The number of aromatic amines is 1. The summed E-state index contributed by atoms with van der Waals surface area (Å²) in [5.74, 6) is -1.06. The van der Waals surface area contributed by atoms with Crippen molar-refractivity contribution >= 4 is 16.9 Å². The molecule has 2 aromatic rings. The van der Waals surface area contributed by atoms with Gasteiger partial charge in [-0.05, 0) is 17.5 Å². The van der Waals surface area contributed by atoms with Crippen molar-refractivity contribution in [1.82, 2.24) is 4.98 Å². The van der Waals surface area contributed by atoms with Gasteiger partial charge in [0.05, 0.1) is 0 Å². The van der Waals surface area contributed by atoms with E-state index < -0.39 is 5.97 Å². The number of fused-ring (bicyclic) bond motifs is 1. The van der Waals surface area contributed by atoms with Crippen molar-refractivity contribution in [1.29, 1.82) is 0 Å². The van der Waals surface area contributed by atoms with Gasteiger partial charge in [-0.2, -0.15) is 0 Å². The van der Waals surface area contributed by atoms with Crippen molar-refractivity contribution in [3.05, 3.63) is 36.0 Å². The van der Waals surface area contributed by atoms with Crippen molar-refractivity contribution < 1.29 is 34.9 Å². The molecule has 5 heteroatoms. The zero-order chi connectivity index (χ0) is 9.26. The Kier molecular flexibility index (Phi) is 5.19. The molecule has 0 saturated carbocycles. The van der Waals surface area contributed by atoms with Crippen molar-refractivity contribution in [2.24, 2.45) is 0 Å². The number of carboxylic acid groups (broad SMARTS) is 1. The number of H-pyrrole nitrogens is 1. The summed E-state index contributed by atoms with van der Waals surface area (Å²) < 4.78 is 0. The zero-order valence-electron chi connectivity index (χ0n) is 8.06. The number of carboxylic acids is 1. The Morgan fingerprint density at radius 1 is 1.33 bits per heavy atom. The van der Waals surface area contributed by atoms with E-state index in [1.165, 1.54) is 0 Å². The van der Waals surface area contributed by atoms with Gasteiger partial charge in [0.1, 0.15) is 0 Å². The maximum Gasteiger partial charge on any atom is 2.00 e. The topological polar surface area (TPSA) is 85.9 Å². The van der Waals surface area contributed by atoms with Gasteiger partial charge in [-0.1, -0.05) is 18.2 Å². The Balaban J connectivity index is 0.000000980. The molecule has 0 fully saturated rings. The summed E-state index contributed by atoms with van der Waals surface area (Å²) in [4.78, 5) is 13.3. The standard InChI is InChI=1S/C10H9NO2.H2O.Zn/c12-10(13)6-8-5-7-3-1-2-4-9(7)11-8;;/h1-5,11H,6H2,(H,12,13);1H2;/q;;+2/p-2. The van der Waals surface area contributed by atoms with Crippen molar-refractivity contribution in [3.8, 4) is 0 Å². The number of rotatable bonds is 2. The van der Waals surface area contributed by atoms with Crippen LogP contribution in [-0.2, 0) is 30.7 Å². The average molecular weight is 257 g/mol. The zero-order valence-corrected chi connectivity index (χ0v) is 11.0. The summed E-state index contributed by atoms with van der Waals surface area (Å²) in [7, 11) is 0. The van der Waals surface area contributed by atoms with Crippen molar-refractivity contribution in [3.63, 3.8) is 0 Å². The fourth-order valence-corrected chi connectivity index (χ4v) is 1.38. The van der Waals surface area contributed by atoms with Gasteiger partial charge in [0.25, 0.3) is 0 Å². The number of benzene rings is 1. The fraction of sp³-hybridized carbons (Fsp3) is 0.100. The first-order valence-corrected chi connectivity index (χ1v) is 4.02. The molecule has 0 amide bonds. The monoisotopic (exact) mass is 255 g/mol. The van der Waals surface area contributed by atoms with E-state index in [0.29, 0.717) is 5.69 Å². The van der Waals surface area contributed by atoms with Crippen molar-refractivity contribution in [2.75, 3.05) is 0 Å². The third-order valence-corrected chi connectivity index (χ3v) is 1.92. The van der Waals surface area contributed by atoms with Gasteiger partial charge in [0.2, 0.25) is 0 Å². The van der Waals surface area contributed by atoms with Crippen LogP contribution < -0.4 is 5.11 Å². The smallest absolute Gasteiger partial charge is 0.870 e. The van der Waals surface area contributed by atoms with Crippen LogP contribution in [0.3, 0.4) is 0 Å². The van der Waals surface area contributed by atoms with Gasteiger partial charge in [-0.25, -0.2) is 0 Å². The molecule has 1 heterocycles. The van der Waals surface area contributed by atoms with Crippen LogP contribution in [-0.4, -0.2) is 16.4 Å².